The minimum Gasteiger partial charge on any atom is -0.0312 e. The summed E-state index contributed by atoms with van der Waals surface area (Å²) >= 11 is 0. The monoisotopic (exact) mass is 356 g/mol. The largest absolute Gasteiger partial charge is 1.00 e. The van der Waals surface area contributed by atoms with Gasteiger partial charge in [-0.15, -0.1) is 0 Å². The fraction of sp³-hybridized carbons (Fsp3) is 0. The van der Waals surface area contributed by atoms with Crippen LogP contribution in [0.25, 0.3) is 0 Å². The van der Waals surface area contributed by atoms with Crippen LogP contribution in [0.15, 0.2) is 0 Å². The molecule has 0 aromatic carbocycles. The summed E-state index contributed by atoms with van der Waals surface area (Å²) in [6.07, 6.45) is 10.0. The van der Waals surface area contributed by atoms with E-state index in [9.17, 15) is 0 Å². The molecule has 1 fully saturated rings. The van der Waals surface area contributed by atoms with Crippen molar-refractivity contribution >= 4 is 0 Å². The van der Waals surface area contributed by atoms with Gasteiger partial charge in [-0.1, -0.05) is 0 Å². The summed E-state index contributed by atoms with van der Waals surface area (Å²) < 4.78 is 22.5. The Balaban J connectivity index is -0.0000000239. The Kier molecular flexibility index (Phi) is 118. The normalized spacial score (nSPS) is 9.69. The maximum atomic E-state index is 7.50. The summed E-state index contributed by atoms with van der Waals surface area (Å²) in [6.45, 7) is 13.5. The average Bonchev–Trinajstić information content (AvgIpc) is 2.71. The molecule has 13 heavy (non-hydrogen) atoms. The van der Waals surface area contributed by atoms with Crippen LogP contribution in [0, 0.1) is 52.1 Å². The Hall–Kier alpha value is 0.908. The number of rotatable bonds is 0. The molecule has 0 heterocycles. The molecule has 1 saturated carbocycles. The molecular formula is C8H5NaO3W+. The van der Waals surface area contributed by atoms with E-state index < -0.39 is 0 Å². The molecule has 1 aliphatic rings. The first-order valence-corrected chi connectivity index (χ1v) is 2.28. The van der Waals surface area contributed by atoms with Crippen molar-refractivity contribution in [2.75, 3.05) is 0 Å². The minimum atomic E-state index is 0. The van der Waals surface area contributed by atoms with Crippen molar-refractivity contribution in [3.05, 3.63) is 52.1 Å². The summed E-state index contributed by atoms with van der Waals surface area (Å²) in [5, 5.41) is 0. The first kappa shape index (κ1) is 29.2. The Morgan fingerprint density at radius 3 is 0.692 bits per heavy atom. The maximum absolute atomic E-state index is 7.50. The third kappa shape index (κ3) is 44.0. The zero-order chi connectivity index (χ0) is 9.54. The van der Waals surface area contributed by atoms with E-state index in [4.69, 9.17) is 14.0 Å². The van der Waals surface area contributed by atoms with E-state index in [1.165, 1.54) is 0 Å². The Morgan fingerprint density at radius 1 is 0.538 bits per heavy atom. The van der Waals surface area contributed by atoms with Gasteiger partial charge in [-0.2, -0.15) is 0 Å². The standard InChI is InChI=1S/C5H5.3CO.Na.W/c1-2-4-5-3-1;3*1-2;;/h1-5H;;;;;/q;;;;+1;. The van der Waals surface area contributed by atoms with E-state index in [-0.39, 0.29) is 50.6 Å². The topological polar surface area (TPSA) is 59.7 Å². The van der Waals surface area contributed by atoms with Gasteiger partial charge >= 0.3 is 63.5 Å². The molecule has 0 aliphatic heterocycles. The van der Waals surface area contributed by atoms with Crippen molar-refractivity contribution < 1.29 is 64.6 Å². The third-order valence-corrected chi connectivity index (χ3v) is 0.556. The van der Waals surface area contributed by atoms with Crippen LogP contribution >= 0.6 is 0 Å². The van der Waals surface area contributed by atoms with Crippen LogP contribution in [-0.2, 0) is 35.0 Å². The molecule has 0 aromatic rings. The van der Waals surface area contributed by atoms with E-state index in [2.05, 4.69) is 20.0 Å². The summed E-state index contributed by atoms with van der Waals surface area (Å²) in [6, 6.07) is 0. The zero-order valence-electron chi connectivity index (χ0n) is 7.02. The van der Waals surface area contributed by atoms with Gasteiger partial charge in [0.1, 0.15) is 0 Å². The van der Waals surface area contributed by atoms with Gasteiger partial charge in [-0.3, -0.25) is 0 Å². The molecule has 0 amide bonds. The smallest absolute Gasteiger partial charge is 0.0312 e. The van der Waals surface area contributed by atoms with Crippen LogP contribution < -0.4 is 29.6 Å². The predicted octanol–water partition coefficient (Wildman–Crippen LogP) is -2.09. The van der Waals surface area contributed by atoms with Crippen molar-refractivity contribution in [1.29, 1.82) is 0 Å². The van der Waals surface area contributed by atoms with Crippen molar-refractivity contribution in [3.8, 4) is 0 Å². The second-order valence-electron chi connectivity index (χ2n) is 0.962. The van der Waals surface area contributed by atoms with E-state index in [0.29, 0.717) is 0 Å². The molecule has 0 atom stereocenters. The van der Waals surface area contributed by atoms with E-state index >= 15 is 0 Å². The molecular weight excluding hydrogens is 351 g/mol. The molecule has 1 rings (SSSR count). The molecule has 61 valence electrons. The summed E-state index contributed by atoms with van der Waals surface area (Å²) in [5.41, 5.74) is 0. The molecule has 3 nitrogen and oxygen atoms in total. The average molecular weight is 356 g/mol. The van der Waals surface area contributed by atoms with Crippen molar-refractivity contribution in [3.63, 3.8) is 0 Å². The molecule has 1 aliphatic carbocycles. The minimum absolute atomic E-state index is 0. The van der Waals surface area contributed by atoms with Crippen molar-refractivity contribution in [2.24, 2.45) is 0 Å². The molecule has 0 N–H and O–H groups in total. The van der Waals surface area contributed by atoms with Crippen LogP contribution in [0.4, 0.5) is 0 Å². The zero-order valence-corrected chi connectivity index (χ0v) is 12.0. The van der Waals surface area contributed by atoms with E-state index in [0.717, 1.165) is 0 Å². The summed E-state index contributed by atoms with van der Waals surface area (Å²) in [7, 11) is 0. The first-order valence-electron chi connectivity index (χ1n) is 2.28. The van der Waals surface area contributed by atoms with Crippen LogP contribution in [0.2, 0.25) is 0 Å². The first-order chi connectivity index (χ1) is 5.50. The van der Waals surface area contributed by atoms with Gasteiger partial charge in [-0.25, -0.2) is 0 Å². The van der Waals surface area contributed by atoms with Gasteiger partial charge in [0.15, 0.2) is 0 Å². The number of hydrogen-bond acceptors (Lipinski definition) is 0. The Morgan fingerprint density at radius 2 is 0.615 bits per heavy atom. The van der Waals surface area contributed by atoms with E-state index in [1.54, 1.807) is 0 Å². The van der Waals surface area contributed by atoms with Crippen molar-refractivity contribution in [1.82, 2.24) is 0 Å². The fourth-order valence-electron chi connectivity index (χ4n) is 0.321. The third-order valence-electron chi connectivity index (χ3n) is 0.556. The SMILES string of the molecule is [C-]#[O+].[C-]#[O+].[C-]#[O+].[CH]1[CH][CH][CH][CH]1.[Na+].[W]. The second kappa shape index (κ2) is 52.4. The number of hydrogen-bond donors (Lipinski definition) is 0. The molecule has 5 radical (unpaired) electrons. The quantitative estimate of drug-likeness (QED) is 0.272. The van der Waals surface area contributed by atoms with Gasteiger partial charge < -0.3 is 0 Å². The maximum Gasteiger partial charge on any atom is 1.00 e. The van der Waals surface area contributed by atoms with Crippen LogP contribution in [-0.4, -0.2) is 0 Å². The fourth-order valence-corrected chi connectivity index (χ4v) is 0.321. The Bertz CT molecular complexity index is 85.8. The van der Waals surface area contributed by atoms with Crippen LogP contribution in [0.1, 0.15) is 0 Å². The molecule has 0 spiro atoms. The molecule has 5 heteroatoms. The molecule has 0 bridgehead atoms. The van der Waals surface area contributed by atoms with Gasteiger partial charge in [0.2, 0.25) is 0 Å². The molecule has 0 saturated heterocycles. The molecule has 0 unspecified atom stereocenters. The van der Waals surface area contributed by atoms with Gasteiger partial charge in [0.25, 0.3) is 0 Å². The second-order valence-corrected chi connectivity index (χ2v) is 0.962. The van der Waals surface area contributed by atoms with E-state index in [1.807, 2.05) is 32.1 Å². The van der Waals surface area contributed by atoms with Gasteiger partial charge in [0, 0.05) is 21.1 Å². The predicted molar refractivity (Wildman–Crippen MR) is 33.3 cm³/mol. The Labute approximate surface area is 116 Å². The van der Waals surface area contributed by atoms with Crippen LogP contribution in [0.3, 0.4) is 0 Å². The summed E-state index contributed by atoms with van der Waals surface area (Å²) in [5.74, 6) is 0. The van der Waals surface area contributed by atoms with Gasteiger partial charge in [-0.05, 0) is 32.1 Å². The van der Waals surface area contributed by atoms with Crippen LogP contribution in [0.5, 0.6) is 0 Å². The van der Waals surface area contributed by atoms with Crippen molar-refractivity contribution in [2.45, 2.75) is 0 Å². The summed E-state index contributed by atoms with van der Waals surface area (Å²) in [4.78, 5) is 0. The van der Waals surface area contributed by atoms with Gasteiger partial charge in [0.05, 0.1) is 0 Å². The molecule has 0 aromatic heterocycles.